The first-order valence-electron chi connectivity index (χ1n) is 9.00. The SMILES string of the molecule is Cc1nc(NC(=O)c2nn(-c3ccccc3F)c(C)cc2=O)sc1-c1ccccn1. The van der Waals surface area contributed by atoms with Gasteiger partial charge in [0.2, 0.25) is 5.43 Å². The van der Waals surface area contributed by atoms with Crippen molar-refractivity contribution in [3.63, 3.8) is 0 Å². The van der Waals surface area contributed by atoms with E-state index in [-0.39, 0.29) is 11.4 Å². The molecule has 7 nitrogen and oxygen atoms in total. The quantitative estimate of drug-likeness (QED) is 0.542. The van der Waals surface area contributed by atoms with Crippen LogP contribution in [0.1, 0.15) is 21.9 Å². The van der Waals surface area contributed by atoms with E-state index in [1.165, 1.54) is 34.2 Å². The Bertz CT molecular complexity index is 1300. The van der Waals surface area contributed by atoms with Crippen LogP contribution in [0.2, 0.25) is 0 Å². The average Bonchev–Trinajstić information content (AvgIpc) is 3.09. The molecule has 3 aromatic heterocycles. The van der Waals surface area contributed by atoms with E-state index in [0.29, 0.717) is 16.5 Å². The Balaban J connectivity index is 1.67. The molecule has 4 aromatic rings. The average molecular weight is 421 g/mol. The van der Waals surface area contributed by atoms with Gasteiger partial charge in [-0.25, -0.2) is 14.1 Å². The lowest BCUT2D eigenvalue weighted by atomic mass is 10.2. The molecule has 0 saturated heterocycles. The van der Waals surface area contributed by atoms with Crippen LogP contribution in [-0.4, -0.2) is 25.7 Å². The lowest BCUT2D eigenvalue weighted by Crippen LogP contribution is -2.27. The van der Waals surface area contributed by atoms with Gasteiger partial charge in [0.1, 0.15) is 11.5 Å². The van der Waals surface area contributed by atoms with Crippen molar-refractivity contribution in [2.75, 3.05) is 5.32 Å². The Labute approximate surface area is 174 Å². The molecule has 0 unspecified atom stereocenters. The van der Waals surface area contributed by atoms with Crippen molar-refractivity contribution in [2.45, 2.75) is 13.8 Å². The summed E-state index contributed by atoms with van der Waals surface area (Å²) < 4.78 is 15.4. The predicted molar refractivity (Wildman–Crippen MR) is 113 cm³/mol. The van der Waals surface area contributed by atoms with Crippen LogP contribution in [0.3, 0.4) is 0 Å². The number of thiazole rings is 1. The highest BCUT2D eigenvalue weighted by Gasteiger charge is 2.19. The molecule has 0 spiro atoms. The lowest BCUT2D eigenvalue weighted by Gasteiger charge is -2.11. The topological polar surface area (TPSA) is 89.8 Å². The van der Waals surface area contributed by atoms with Crippen molar-refractivity contribution in [1.29, 1.82) is 0 Å². The van der Waals surface area contributed by atoms with Crippen molar-refractivity contribution in [3.05, 3.63) is 87.9 Å². The second-order valence-corrected chi connectivity index (χ2v) is 7.46. The van der Waals surface area contributed by atoms with Crippen LogP contribution in [0.5, 0.6) is 0 Å². The molecule has 0 bridgehead atoms. The first kappa shape index (κ1) is 19.6. The number of nitrogens with one attached hydrogen (secondary N) is 1. The predicted octanol–water partition coefficient (Wildman–Crippen LogP) is 3.76. The molecule has 30 heavy (non-hydrogen) atoms. The van der Waals surface area contributed by atoms with E-state index >= 15 is 0 Å². The summed E-state index contributed by atoms with van der Waals surface area (Å²) in [5, 5.41) is 7.03. The molecule has 4 rings (SSSR count). The number of aryl methyl sites for hydroxylation is 2. The van der Waals surface area contributed by atoms with Gasteiger partial charge in [-0.2, -0.15) is 5.10 Å². The van der Waals surface area contributed by atoms with Gasteiger partial charge in [0.25, 0.3) is 5.91 Å². The van der Waals surface area contributed by atoms with E-state index in [1.807, 2.05) is 25.1 Å². The highest BCUT2D eigenvalue weighted by Crippen LogP contribution is 2.31. The van der Waals surface area contributed by atoms with E-state index in [9.17, 15) is 14.0 Å². The molecule has 0 aliphatic heterocycles. The molecule has 0 fully saturated rings. The summed E-state index contributed by atoms with van der Waals surface area (Å²) in [6.07, 6.45) is 1.67. The van der Waals surface area contributed by atoms with Crippen molar-refractivity contribution < 1.29 is 9.18 Å². The Morgan fingerprint density at radius 3 is 2.63 bits per heavy atom. The zero-order chi connectivity index (χ0) is 21.3. The number of nitrogens with zero attached hydrogens (tertiary/aromatic N) is 4. The summed E-state index contributed by atoms with van der Waals surface area (Å²) in [7, 11) is 0. The molecule has 0 atom stereocenters. The number of aromatic nitrogens is 4. The van der Waals surface area contributed by atoms with E-state index < -0.39 is 17.2 Å². The zero-order valence-electron chi connectivity index (χ0n) is 16.1. The highest BCUT2D eigenvalue weighted by atomic mass is 32.1. The van der Waals surface area contributed by atoms with Gasteiger partial charge in [-0.3, -0.25) is 19.9 Å². The molecule has 1 N–H and O–H groups in total. The number of para-hydroxylation sites is 1. The highest BCUT2D eigenvalue weighted by molar-refractivity contribution is 7.19. The number of halogens is 1. The molecule has 1 amide bonds. The van der Waals surface area contributed by atoms with E-state index in [2.05, 4.69) is 20.4 Å². The molecule has 0 saturated carbocycles. The summed E-state index contributed by atoms with van der Waals surface area (Å²) in [6, 6.07) is 12.8. The van der Waals surface area contributed by atoms with Gasteiger partial charge >= 0.3 is 0 Å². The maximum absolute atomic E-state index is 14.2. The summed E-state index contributed by atoms with van der Waals surface area (Å²) >= 11 is 1.25. The van der Waals surface area contributed by atoms with Gasteiger partial charge in [0, 0.05) is 18.0 Å². The summed E-state index contributed by atoms with van der Waals surface area (Å²) in [5.74, 6) is -1.23. The van der Waals surface area contributed by atoms with E-state index in [4.69, 9.17) is 0 Å². The third-order valence-electron chi connectivity index (χ3n) is 4.32. The number of hydrogen-bond acceptors (Lipinski definition) is 6. The fraction of sp³-hybridized carbons (Fsp3) is 0.0952. The minimum atomic E-state index is -0.716. The van der Waals surface area contributed by atoms with Crippen LogP contribution in [0.15, 0.2) is 59.5 Å². The molecular weight excluding hydrogens is 405 g/mol. The van der Waals surface area contributed by atoms with Gasteiger partial charge < -0.3 is 0 Å². The molecule has 0 aliphatic rings. The lowest BCUT2D eigenvalue weighted by molar-refractivity contribution is 0.101. The Morgan fingerprint density at radius 2 is 1.90 bits per heavy atom. The molecule has 150 valence electrons. The fourth-order valence-corrected chi connectivity index (χ4v) is 3.85. The molecule has 9 heteroatoms. The van der Waals surface area contributed by atoms with Crippen LogP contribution in [0.25, 0.3) is 16.3 Å². The molecule has 0 aliphatic carbocycles. The minimum Gasteiger partial charge on any atom is -0.296 e. The van der Waals surface area contributed by atoms with Gasteiger partial charge in [-0.15, -0.1) is 0 Å². The smallest absolute Gasteiger partial charge is 0.281 e. The number of rotatable bonds is 4. The third kappa shape index (κ3) is 3.74. The fourth-order valence-electron chi connectivity index (χ4n) is 2.91. The van der Waals surface area contributed by atoms with Crippen molar-refractivity contribution >= 4 is 22.4 Å². The Kier molecular flexibility index (Phi) is 5.20. The van der Waals surface area contributed by atoms with E-state index in [0.717, 1.165) is 10.6 Å². The second kappa shape index (κ2) is 7.96. The first-order chi connectivity index (χ1) is 14.4. The van der Waals surface area contributed by atoms with Gasteiger partial charge in [-0.1, -0.05) is 29.5 Å². The molecule has 3 heterocycles. The monoisotopic (exact) mass is 421 g/mol. The first-order valence-corrected chi connectivity index (χ1v) is 9.82. The Hall–Kier alpha value is -3.72. The normalized spacial score (nSPS) is 10.8. The maximum Gasteiger partial charge on any atom is 0.281 e. The number of pyridine rings is 1. The van der Waals surface area contributed by atoms with Crippen molar-refractivity contribution in [3.8, 4) is 16.3 Å². The second-order valence-electron chi connectivity index (χ2n) is 6.46. The molecule has 0 radical (unpaired) electrons. The van der Waals surface area contributed by atoms with Crippen LogP contribution < -0.4 is 10.7 Å². The van der Waals surface area contributed by atoms with E-state index in [1.54, 1.807) is 25.3 Å². The van der Waals surface area contributed by atoms with Crippen molar-refractivity contribution in [2.24, 2.45) is 0 Å². The van der Waals surface area contributed by atoms with Gasteiger partial charge in [-0.05, 0) is 38.1 Å². The van der Waals surface area contributed by atoms with Crippen LogP contribution in [0.4, 0.5) is 9.52 Å². The standard InChI is InChI=1S/C21H16FN5O2S/c1-12-11-17(28)18(26-27(12)16-9-4-3-7-14(16)22)20(29)25-21-24-13(2)19(30-21)15-8-5-6-10-23-15/h3-11H,1-2H3,(H,24,25,29). The van der Waals surface area contributed by atoms with Crippen LogP contribution >= 0.6 is 11.3 Å². The third-order valence-corrected chi connectivity index (χ3v) is 5.41. The van der Waals surface area contributed by atoms with Crippen LogP contribution in [0, 0.1) is 19.7 Å². The number of carbonyl (C=O) groups is 1. The largest absolute Gasteiger partial charge is 0.296 e. The van der Waals surface area contributed by atoms with Gasteiger partial charge in [0.05, 0.1) is 16.3 Å². The number of benzene rings is 1. The number of amides is 1. The number of hydrogen-bond donors (Lipinski definition) is 1. The minimum absolute atomic E-state index is 0.145. The zero-order valence-corrected chi connectivity index (χ0v) is 16.9. The van der Waals surface area contributed by atoms with Crippen molar-refractivity contribution in [1.82, 2.24) is 19.7 Å². The van der Waals surface area contributed by atoms with Gasteiger partial charge in [0.15, 0.2) is 10.8 Å². The summed E-state index contributed by atoms with van der Waals surface area (Å²) in [6.45, 7) is 3.43. The number of carbonyl (C=O) groups excluding carboxylic acids is 1. The number of anilines is 1. The Morgan fingerprint density at radius 1 is 1.13 bits per heavy atom. The summed E-state index contributed by atoms with van der Waals surface area (Å²) in [4.78, 5) is 34.6. The molecular formula is C21H16FN5O2S. The summed E-state index contributed by atoms with van der Waals surface area (Å²) in [5.41, 5.74) is 1.08. The maximum atomic E-state index is 14.2. The van der Waals surface area contributed by atoms with Crippen LogP contribution in [-0.2, 0) is 0 Å². The molecule has 1 aromatic carbocycles.